The minimum absolute atomic E-state index is 0.00711. The zero-order valence-corrected chi connectivity index (χ0v) is 21.7. The number of rotatable bonds is 5. The molecule has 0 fully saturated rings. The van der Waals surface area contributed by atoms with Gasteiger partial charge in [-0.1, -0.05) is 81.1 Å². The predicted molar refractivity (Wildman–Crippen MR) is 134 cm³/mol. The lowest BCUT2D eigenvalue weighted by Crippen LogP contribution is -2.48. The van der Waals surface area contributed by atoms with Gasteiger partial charge in [-0.2, -0.15) is 0 Å². The summed E-state index contributed by atoms with van der Waals surface area (Å²) in [5, 5.41) is 3.03. The Labute approximate surface area is 194 Å². The molecule has 0 aliphatic heterocycles. The third-order valence-electron chi connectivity index (χ3n) is 5.49. The number of hydrogen-bond donors (Lipinski definition) is 1. The first-order valence-corrected chi connectivity index (χ1v) is 14.0. The van der Waals surface area contributed by atoms with Crippen LogP contribution in [0.15, 0.2) is 60.7 Å². The van der Waals surface area contributed by atoms with E-state index in [4.69, 9.17) is 9.16 Å². The Morgan fingerprint density at radius 3 is 1.94 bits per heavy atom. The van der Waals surface area contributed by atoms with Gasteiger partial charge in [-0.25, -0.2) is 4.79 Å². The molecule has 2 aromatic rings. The van der Waals surface area contributed by atoms with Crippen molar-refractivity contribution >= 4 is 14.4 Å². The van der Waals surface area contributed by atoms with E-state index in [1.54, 1.807) is 0 Å². The lowest BCUT2D eigenvalue weighted by Gasteiger charge is -2.40. The Morgan fingerprint density at radius 1 is 0.906 bits per heavy atom. The Morgan fingerprint density at radius 2 is 1.44 bits per heavy atom. The van der Waals surface area contributed by atoms with Gasteiger partial charge in [-0.05, 0) is 56.6 Å². The van der Waals surface area contributed by atoms with Crippen molar-refractivity contribution in [1.82, 2.24) is 5.32 Å². The van der Waals surface area contributed by atoms with Gasteiger partial charge in [0.15, 0.2) is 8.32 Å². The summed E-state index contributed by atoms with van der Waals surface area (Å²) in [5.74, 6) is 6.57. The number of alkyl carbamates (subject to hydrolysis) is 1. The van der Waals surface area contributed by atoms with Crippen molar-refractivity contribution in [1.29, 1.82) is 0 Å². The molecule has 4 nitrogen and oxygen atoms in total. The Kier molecular flexibility index (Phi) is 8.33. The van der Waals surface area contributed by atoms with Crippen molar-refractivity contribution in [3.63, 3.8) is 0 Å². The quantitative estimate of drug-likeness (QED) is 0.407. The number of ether oxygens (including phenoxy) is 1. The summed E-state index contributed by atoms with van der Waals surface area (Å²) in [6, 6.07) is 19.2. The van der Waals surface area contributed by atoms with Gasteiger partial charge >= 0.3 is 6.09 Å². The van der Waals surface area contributed by atoms with Gasteiger partial charge in [-0.15, -0.1) is 0 Å². The average Bonchev–Trinajstić information content (AvgIpc) is 2.68. The maximum Gasteiger partial charge on any atom is 0.408 e. The van der Waals surface area contributed by atoms with Crippen LogP contribution in [0, 0.1) is 11.8 Å². The van der Waals surface area contributed by atoms with Crippen LogP contribution in [-0.2, 0) is 9.16 Å². The first kappa shape index (κ1) is 25.7. The molecule has 0 spiro atoms. The molecule has 32 heavy (non-hydrogen) atoms. The Hall–Kier alpha value is -2.55. The van der Waals surface area contributed by atoms with Crippen molar-refractivity contribution in [2.75, 3.05) is 0 Å². The van der Waals surface area contributed by atoms with Crippen LogP contribution in [0.2, 0.25) is 18.1 Å². The van der Waals surface area contributed by atoms with Crippen LogP contribution in [0.1, 0.15) is 58.7 Å². The number of hydrogen-bond acceptors (Lipinski definition) is 3. The lowest BCUT2D eigenvalue weighted by atomic mass is 10.0. The van der Waals surface area contributed by atoms with Crippen molar-refractivity contribution in [3.05, 3.63) is 71.8 Å². The molecule has 1 amide bonds. The molecule has 0 aromatic heterocycles. The van der Waals surface area contributed by atoms with Crippen molar-refractivity contribution in [2.45, 2.75) is 77.4 Å². The van der Waals surface area contributed by atoms with E-state index in [1.165, 1.54) is 0 Å². The minimum atomic E-state index is -2.19. The summed E-state index contributed by atoms with van der Waals surface area (Å²) in [4.78, 5) is 12.8. The largest absolute Gasteiger partial charge is 0.444 e. The second-order valence-corrected chi connectivity index (χ2v) is 15.2. The summed E-state index contributed by atoms with van der Waals surface area (Å²) in [5.41, 5.74) is 1.22. The van der Waals surface area contributed by atoms with Crippen molar-refractivity contribution < 1.29 is 14.0 Å². The van der Waals surface area contributed by atoms with Gasteiger partial charge in [0.1, 0.15) is 11.7 Å². The van der Waals surface area contributed by atoms with E-state index < -0.39 is 32.2 Å². The van der Waals surface area contributed by atoms with Crippen LogP contribution in [0.5, 0.6) is 0 Å². The zero-order chi connectivity index (χ0) is 24.0. The first-order valence-electron chi connectivity index (χ1n) is 11.1. The molecule has 172 valence electrons. The van der Waals surface area contributed by atoms with Crippen molar-refractivity contribution in [2.24, 2.45) is 0 Å². The Bertz CT molecular complexity index is 932. The van der Waals surface area contributed by atoms with Crippen LogP contribution in [0.4, 0.5) is 4.79 Å². The van der Waals surface area contributed by atoms with Crippen LogP contribution in [-0.4, -0.2) is 26.1 Å². The highest BCUT2D eigenvalue weighted by molar-refractivity contribution is 6.74. The molecule has 2 atom stereocenters. The third-order valence-corrected chi connectivity index (χ3v) is 9.95. The summed E-state index contributed by atoms with van der Waals surface area (Å²) < 4.78 is 12.3. The number of nitrogens with one attached hydrogen (secondary N) is 1. The molecule has 2 aromatic carbocycles. The molecule has 0 heterocycles. The molecular formula is C27H37NO3Si. The van der Waals surface area contributed by atoms with Gasteiger partial charge in [0.2, 0.25) is 0 Å². The molecule has 0 radical (unpaired) electrons. The first-order chi connectivity index (χ1) is 14.8. The summed E-state index contributed by atoms with van der Waals surface area (Å²) in [6.07, 6.45) is -1.03. The third kappa shape index (κ3) is 7.85. The fraction of sp³-hybridized carbons (Fsp3) is 0.444. The van der Waals surface area contributed by atoms with Gasteiger partial charge in [0, 0.05) is 5.56 Å². The van der Waals surface area contributed by atoms with Gasteiger partial charge in [-0.3, -0.25) is 0 Å². The Balaban J connectivity index is 2.50. The minimum Gasteiger partial charge on any atom is -0.444 e. The topological polar surface area (TPSA) is 47.6 Å². The smallest absolute Gasteiger partial charge is 0.408 e. The number of benzene rings is 2. The van der Waals surface area contributed by atoms with Gasteiger partial charge in [0.05, 0.1) is 6.04 Å². The fourth-order valence-corrected chi connectivity index (χ4v) is 3.96. The van der Waals surface area contributed by atoms with E-state index >= 15 is 0 Å². The van der Waals surface area contributed by atoms with Crippen LogP contribution in [0.3, 0.4) is 0 Å². The van der Waals surface area contributed by atoms with Gasteiger partial charge < -0.3 is 14.5 Å². The lowest BCUT2D eigenvalue weighted by molar-refractivity contribution is 0.0463. The SMILES string of the molecule is CC(C)(C)OC(=O)N[C@@H](c1ccccc1)[C@@H](C#Cc1ccccc1)O[Si](C)(C)C(C)(C)C. The summed E-state index contributed by atoms with van der Waals surface area (Å²) in [7, 11) is -2.19. The number of carbonyl (C=O) groups is 1. The van der Waals surface area contributed by atoms with Crippen LogP contribution < -0.4 is 5.32 Å². The monoisotopic (exact) mass is 451 g/mol. The molecule has 1 N–H and O–H groups in total. The maximum absolute atomic E-state index is 12.8. The zero-order valence-electron chi connectivity index (χ0n) is 20.7. The highest BCUT2D eigenvalue weighted by atomic mass is 28.4. The molecule has 0 bridgehead atoms. The predicted octanol–water partition coefficient (Wildman–Crippen LogP) is 6.69. The van der Waals surface area contributed by atoms with E-state index in [-0.39, 0.29) is 5.04 Å². The summed E-state index contributed by atoms with van der Waals surface area (Å²) in [6.45, 7) is 16.5. The fourth-order valence-electron chi connectivity index (χ4n) is 2.78. The van der Waals surface area contributed by atoms with E-state index in [9.17, 15) is 4.79 Å². The molecule has 0 aliphatic rings. The number of amides is 1. The summed E-state index contributed by atoms with van der Waals surface area (Å²) >= 11 is 0. The second kappa shape index (κ2) is 10.4. The molecular weight excluding hydrogens is 414 g/mol. The molecule has 0 saturated carbocycles. The van der Waals surface area contributed by atoms with Crippen LogP contribution in [0.25, 0.3) is 0 Å². The molecule has 0 unspecified atom stereocenters. The normalized spacial score (nSPS) is 14.0. The average molecular weight is 452 g/mol. The standard InChI is InChI=1S/C27H37NO3Si/c1-26(2,3)30-25(29)28-24(22-17-13-10-14-18-22)23(31-32(7,8)27(4,5)6)20-19-21-15-11-9-12-16-21/h9-18,23-24H,1-8H3,(H,28,29)/t23-,24+/m1/s1. The van der Waals surface area contributed by atoms with E-state index in [0.29, 0.717) is 0 Å². The molecule has 0 saturated heterocycles. The molecule has 5 heteroatoms. The highest BCUT2D eigenvalue weighted by Crippen LogP contribution is 2.38. The number of carbonyl (C=O) groups excluding carboxylic acids is 1. The van der Waals surface area contributed by atoms with E-state index in [0.717, 1.165) is 11.1 Å². The highest BCUT2D eigenvalue weighted by Gasteiger charge is 2.41. The molecule has 0 aliphatic carbocycles. The van der Waals surface area contributed by atoms with Gasteiger partial charge in [0.25, 0.3) is 0 Å². The molecule has 2 rings (SSSR count). The maximum atomic E-state index is 12.8. The van der Waals surface area contributed by atoms with E-state index in [2.05, 4.69) is 51.0 Å². The van der Waals surface area contributed by atoms with E-state index in [1.807, 2.05) is 81.4 Å². The second-order valence-electron chi connectivity index (χ2n) is 10.5. The van der Waals surface area contributed by atoms with Crippen molar-refractivity contribution in [3.8, 4) is 11.8 Å². The van der Waals surface area contributed by atoms with Crippen LogP contribution >= 0.6 is 0 Å².